The Balaban J connectivity index is 1.45. The summed E-state index contributed by atoms with van der Waals surface area (Å²) < 4.78 is 49.0. The summed E-state index contributed by atoms with van der Waals surface area (Å²) >= 11 is 0. The number of ether oxygens (including phenoxy) is 1. The van der Waals surface area contributed by atoms with E-state index < -0.39 is 21.9 Å². The van der Waals surface area contributed by atoms with Gasteiger partial charge in [-0.3, -0.25) is 14.0 Å². The summed E-state index contributed by atoms with van der Waals surface area (Å²) in [6, 6.07) is 8.61. The van der Waals surface area contributed by atoms with Gasteiger partial charge in [-0.2, -0.15) is 5.10 Å². The molecule has 0 radical (unpaired) electrons. The van der Waals surface area contributed by atoms with Gasteiger partial charge >= 0.3 is 0 Å². The highest BCUT2D eigenvalue weighted by atomic mass is 32.2. The number of imidazole rings is 1. The predicted octanol–water partition coefficient (Wildman–Crippen LogP) is 4.46. The number of aromatic nitrogens is 5. The topological polar surface area (TPSA) is 121 Å². The smallest absolute Gasteiger partial charge is 0.177 e. The van der Waals surface area contributed by atoms with Crippen molar-refractivity contribution in [1.82, 2.24) is 24.3 Å². The van der Waals surface area contributed by atoms with Crippen LogP contribution in [-0.4, -0.2) is 57.6 Å². The van der Waals surface area contributed by atoms with Crippen LogP contribution in [0.3, 0.4) is 0 Å². The van der Waals surface area contributed by atoms with Gasteiger partial charge in [0.15, 0.2) is 15.5 Å². The van der Waals surface area contributed by atoms with Gasteiger partial charge in [-0.15, -0.1) is 0 Å². The quantitative estimate of drug-likeness (QED) is 0.332. The Morgan fingerprint density at radius 1 is 1.18 bits per heavy atom. The van der Waals surface area contributed by atoms with Crippen LogP contribution < -0.4 is 5.32 Å². The van der Waals surface area contributed by atoms with E-state index in [1.165, 1.54) is 0 Å². The maximum Gasteiger partial charge on any atom is 0.177 e. The second kappa shape index (κ2) is 10.1. The second-order valence-electron chi connectivity index (χ2n) is 10.7. The highest BCUT2D eigenvalue weighted by molar-refractivity contribution is 7.90. The average Bonchev–Trinajstić information content (AvgIpc) is 3.33. The summed E-state index contributed by atoms with van der Waals surface area (Å²) in [5.74, 6) is -0.0856. The number of nitrogens with zero attached hydrogens (tertiary/aromatic N) is 5. The van der Waals surface area contributed by atoms with Crippen molar-refractivity contribution in [3.63, 3.8) is 0 Å². The monoisotopic (exact) mass is 566 g/mol. The van der Waals surface area contributed by atoms with Gasteiger partial charge in [-0.05, 0) is 56.9 Å². The van der Waals surface area contributed by atoms with Crippen LogP contribution in [0.25, 0.3) is 22.4 Å². The summed E-state index contributed by atoms with van der Waals surface area (Å²) in [5, 5.41) is 7.66. The number of ketones is 1. The molecular weight excluding hydrogens is 535 g/mol. The minimum Gasteiger partial charge on any atom is -0.358 e. The van der Waals surface area contributed by atoms with Crippen LogP contribution in [0.15, 0.2) is 41.4 Å². The Morgan fingerprint density at radius 3 is 2.62 bits per heavy atom. The summed E-state index contributed by atoms with van der Waals surface area (Å²) in [6.07, 6.45) is 4.63. The molecule has 2 aliphatic rings. The zero-order valence-corrected chi connectivity index (χ0v) is 23.4. The molecule has 0 bridgehead atoms. The van der Waals surface area contributed by atoms with Crippen LogP contribution >= 0.6 is 0 Å². The predicted molar refractivity (Wildman–Crippen MR) is 148 cm³/mol. The number of rotatable bonds is 8. The lowest BCUT2D eigenvalue weighted by molar-refractivity contribution is -0.120. The van der Waals surface area contributed by atoms with Gasteiger partial charge in [0.05, 0.1) is 33.6 Å². The van der Waals surface area contributed by atoms with E-state index in [0.717, 1.165) is 25.5 Å². The van der Waals surface area contributed by atoms with Crippen molar-refractivity contribution in [1.29, 1.82) is 0 Å². The third-order valence-corrected chi connectivity index (χ3v) is 8.60. The molecule has 3 atom stereocenters. The fourth-order valence-electron chi connectivity index (χ4n) is 5.29. The summed E-state index contributed by atoms with van der Waals surface area (Å²) in [5.41, 5.74) is 3.72. The van der Waals surface area contributed by atoms with Gasteiger partial charge in [0, 0.05) is 38.1 Å². The van der Waals surface area contributed by atoms with Crippen molar-refractivity contribution in [2.45, 2.75) is 56.3 Å². The molecule has 2 fully saturated rings. The highest BCUT2D eigenvalue weighted by Gasteiger charge is 2.43. The molecule has 40 heavy (non-hydrogen) atoms. The van der Waals surface area contributed by atoms with Crippen LogP contribution in [0.1, 0.15) is 43.4 Å². The standard InChI is InChI=1S/C28H31FN6O4S/c1-16-30-27-23(32-22-8-7-17(12-25(22)40(3,37)38)21-9-10-34(2)33-21)13-18(14-24(36)19-15-20(19)29)31-28(27)35(16)26-6-4-5-11-39-26/h7-10,12-13,19-20,26H,4-6,11,14-15H2,1-3H3,(H,31,32)/t19-,20+,26?/m1/s1. The molecule has 1 saturated carbocycles. The van der Waals surface area contributed by atoms with Gasteiger partial charge in [0.1, 0.15) is 29.5 Å². The van der Waals surface area contributed by atoms with E-state index in [4.69, 9.17) is 14.7 Å². The van der Waals surface area contributed by atoms with Gasteiger partial charge in [-0.1, -0.05) is 6.07 Å². The Kier molecular flexibility index (Phi) is 6.70. The van der Waals surface area contributed by atoms with Crippen molar-refractivity contribution >= 4 is 38.2 Å². The first-order valence-electron chi connectivity index (χ1n) is 13.4. The molecule has 0 amide bonds. The first kappa shape index (κ1) is 26.6. The number of alkyl halides is 1. The van der Waals surface area contributed by atoms with E-state index in [-0.39, 0.29) is 29.7 Å². The normalized spacial score (nSPS) is 21.1. The number of aryl methyl sites for hydroxylation is 2. The van der Waals surface area contributed by atoms with Crippen molar-refractivity contribution in [3.05, 3.63) is 48.0 Å². The molecular formula is C28H31FN6O4S. The molecule has 210 valence electrons. The molecule has 6 rings (SSSR count). The Morgan fingerprint density at radius 2 is 1.98 bits per heavy atom. The summed E-state index contributed by atoms with van der Waals surface area (Å²) in [7, 11) is -1.85. The van der Waals surface area contributed by atoms with Gasteiger partial charge in [-0.25, -0.2) is 22.8 Å². The molecule has 1 aromatic carbocycles. The Bertz CT molecular complexity index is 1720. The fraction of sp³-hybridized carbons (Fsp3) is 0.429. The van der Waals surface area contributed by atoms with E-state index in [2.05, 4.69) is 10.4 Å². The van der Waals surface area contributed by atoms with Crippen molar-refractivity contribution in [3.8, 4) is 11.3 Å². The SMILES string of the molecule is Cc1nc2c(Nc3ccc(-c4ccn(C)n4)cc3S(C)(=O)=O)cc(CC(=O)[C@@H]3C[C@@H]3F)nc2n1C1CCCCO1. The Hall–Kier alpha value is -3.64. The number of fused-ring (bicyclic) bond motifs is 1. The zero-order chi connectivity index (χ0) is 28.2. The summed E-state index contributed by atoms with van der Waals surface area (Å²) in [6.45, 7) is 2.50. The number of Topliss-reactive ketones (excluding diaryl/α,β-unsaturated/α-hetero) is 1. The molecule has 4 heterocycles. The number of anilines is 2. The number of nitrogens with one attached hydrogen (secondary N) is 1. The number of hydrogen-bond acceptors (Lipinski definition) is 8. The van der Waals surface area contributed by atoms with E-state index in [0.29, 0.717) is 51.9 Å². The minimum atomic E-state index is -3.64. The number of hydrogen-bond donors (Lipinski definition) is 1. The zero-order valence-electron chi connectivity index (χ0n) is 22.6. The van der Waals surface area contributed by atoms with Crippen LogP contribution in [0, 0.1) is 12.8 Å². The molecule has 1 aliphatic heterocycles. The first-order valence-corrected chi connectivity index (χ1v) is 15.3. The maximum atomic E-state index is 13.6. The lowest BCUT2D eigenvalue weighted by Crippen LogP contribution is -2.19. The highest BCUT2D eigenvalue weighted by Crippen LogP contribution is 2.37. The molecule has 1 aliphatic carbocycles. The fourth-order valence-corrected chi connectivity index (χ4v) is 6.15. The molecule has 0 spiro atoms. The van der Waals surface area contributed by atoms with Crippen molar-refractivity contribution in [2.75, 3.05) is 18.2 Å². The van der Waals surface area contributed by atoms with Crippen LogP contribution in [-0.2, 0) is 32.8 Å². The van der Waals surface area contributed by atoms with Gasteiger partial charge in [0.25, 0.3) is 0 Å². The van der Waals surface area contributed by atoms with Crippen LogP contribution in [0.4, 0.5) is 15.8 Å². The lowest BCUT2D eigenvalue weighted by Gasteiger charge is -2.25. The molecule has 10 nitrogen and oxygen atoms in total. The minimum absolute atomic E-state index is 0.0248. The van der Waals surface area contributed by atoms with Crippen molar-refractivity contribution < 1.29 is 22.3 Å². The van der Waals surface area contributed by atoms with E-state index >= 15 is 0 Å². The van der Waals surface area contributed by atoms with Crippen LogP contribution in [0.2, 0.25) is 0 Å². The van der Waals surface area contributed by atoms with Gasteiger partial charge < -0.3 is 10.1 Å². The van der Waals surface area contributed by atoms with Crippen molar-refractivity contribution in [2.24, 2.45) is 13.0 Å². The number of halogens is 1. The Labute approximate surface area is 231 Å². The third-order valence-electron chi connectivity index (χ3n) is 7.46. The molecule has 12 heteroatoms. The number of carbonyl (C=O) groups excluding carboxylic acids is 1. The molecule has 1 N–H and O–H groups in total. The third kappa shape index (κ3) is 5.13. The number of benzene rings is 1. The van der Waals surface area contributed by atoms with E-state index in [1.807, 2.05) is 17.6 Å². The number of sulfone groups is 1. The average molecular weight is 567 g/mol. The largest absolute Gasteiger partial charge is 0.358 e. The van der Waals surface area contributed by atoms with E-state index in [1.54, 1.807) is 42.2 Å². The number of carbonyl (C=O) groups is 1. The molecule has 1 unspecified atom stereocenters. The number of pyridine rings is 1. The first-order chi connectivity index (χ1) is 19.1. The summed E-state index contributed by atoms with van der Waals surface area (Å²) in [4.78, 5) is 22.4. The molecule has 4 aromatic rings. The van der Waals surface area contributed by atoms with E-state index in [9.17, 15) is 17.6 Å². The second-order valence-corrected chi connectivity index (χ2v) is 12.7. The lowest BCUT2D eigenvalue weighted by atomic mass is 10.1. The maximum absolute atomic E-state index is 13.6. The molecule has 3 aromatic heterocycles. The molecule has 1 saturated heterocycles. The van der Waals surface area contributed by atoms with Gasteiger partial charge in [0.2, 0.25) is 0 Å². The van der Waals surface area contributed by atoms with Crippen LogP contribution in [0.5, 0.6) is 0 Å².